The van der Waals surface area contributed by atoms with Gasteiger partial charge in [0.05, 0.1) is 6.04 Å². The molecule has 0 bridgehead atoms. The van der Waals surface area contributed by atoms with Gasteiger partial charge in [-0.3, -0.25) is 19.2 Å². The van der Waals surface area contributed by atoms with Crippen molar-refractivity contribution in [2.45, 2.75) is 39.7 Å². The summed E-state index contributed by atoms with van der Waals surface area (Å²) >= 11 is 0. The zero-order valence-electron chi connectivity index (χ0n) is 15.6. The number of fused-ring (bicyclic) bond motifs is 1. The van der Waals surface area contributed by atoms with Gasteiger partial charge in [-0.05, 0) is 37.6 Å². The fourth-order valence-corrected chi connectivity index (χ4v) is 5.65. The highest BCUT2D eigenvalue weighted by Gasteiger charge is 2.81. The molecule has 3 amide bonds. The van der Waals surface area contributed by atoms with Gasteiger partial charge in [0.25, 0.3) is 5.91 Å². The van der Waals surface area contributed by atoms with Crippen molar-refractivity contribution in [2.75, 3.05) is 19.6 Å². The standard InChI is InChI=1S/C18H28N4O4/c1-4-20-16(26)12(23)10(7-9-5-6-21-15(9)25)18-11(17(18,2)3)8-22-13(18)14(19)24/h9-11,13,22H,4-8H2,1-3H3,(H2,19,24)(H,20,26)(H,21,25)/t9-,10-,11?,13?,18?/m1/s1. The molecule has 3 rings (SSSR count). The van der Waals surface area contributed by atoms with Crippen molar-refractivity contribution < 1.29 is 19.2 Å². The van der Waals surface area contributed by atoms with Crippen molar-refractivity contribution in [2.24, 2.45) is 34.3 Å². The average molecular weight is 364 g/mol. The minimum atomic E-state index is -0.718. The molecule has 8 nitrogen and oxygen atoms in total. The number of amides is 3. The summed E-state index contributed by atoms with van der Waals surface area (Å²) < 4.78 is 0. The second kappa shape index (κ2) is 6.33. The van der Waals surface area contributed by atoms with E-state index in [1.165, 1.54) is 0 Å². The van der Waals surface area contributed by atoms with E-state index in [9.17, 15) is 19.2 Å². The highest BCUT2D eigenvalue weighted by molar-refractivity contribution is 6.37. The maximum absolute atomic E-state index is 13.1. The number of piperidine rings is 1. The monoisotopic (exact) mass is 364 g/mol. The van der Waals surface area contributed by atoms with Crippen LogP contribution in [-0.2, 0) is 19.2 Å². The Morgan fingerprint density at radius 2 is 2.04 bits per heavy atom. The van der Waals surface area contributed by atoms with Crippen molar-refractivity contribution in [1.82, 2.24) is 16.0 Å². The topological polar surface area (TPSA) is 130 Å². The van der Waals surface area contributed by atoms with E-state index in [1.54, 1.807) is 6.92 Å². The Balaban J connectivity index is 1.99. The third-order valence-corrected chi connectivity index (χ3v) is 6.91. The molecule has 2 heterocycles. The Hall–Kier alpha value is -1.96. The van der Waals surface area contributed by atoms with E-state index in [4.69, 9.17) is 5.73 Å². The van der Waals surface area contributed by atoms with Crippen molar-refractivity contribution in [3.63, 3.8) is 0 Å². The van der Waals surface area contributed by atoms with E-state index >= 15 is 0 Å². The molecule has 3 unspecified atom stereocenters. The van der Waals surface area contributed by atoms with Crippen LogP contribution < -0.4 is 21.7 Å². The van der Waals surface area contributed by atoms with Gasteiger partial charge >= 0.3 is 0 Å². The van der Waals surface area contributed by atoms with Crippen LogP contribution >= 0.6 is 0 Å². The lowest BCUT2D eigenvalue weighted by atomic mass is 9.70. The zero-order valence-corrected chi connectivity index (χ0v) is 15.6. The van der Waals surface area contributed by atoms with Gasteiger partial charge in [0, 0.05) is 30.3 Å². The van der Waals surface area contributed by atoms with Gasteiger partial charge in [-0.25, -0.2) is 0 Å². The molecule has 2 aliphatic heterocycles. The number of carbonyl (C=O) groups excluding carboxylic acids is 4. The lowest BCUT2D eigenvalue weighted by molar-refractivity contribution is -0.143. The van der Waals surface area contributed by atoms with Crippen LogP contribution in [0.25, 0.3) is 0 Å². The van der Waals surface area contributed by atoms with Gasteiger partial charge in [-0.2, -0.15) is 0 Å². The number of nitrogens with one attached hydrogen (secondary N) is 3. The number of hydrogen-bond acceptors (Lipinski definition) is 5. The fourth-order valence-electron chi connectivity index (χ4n) is 5.65. The Kier molecular flexibility index (Phi) is 4.58. The first kappa shape index (κ1) is 18.8. The molecule has 0 aromatic carbocycles. The normalized spacial score (nSPS) is 35.3. The molecule has 0 aromatic rings. The van der Waals surface area contributed by atoms with Crippen LogP contribution in [0.2, 0.25) is 0 Å². The summed E-state index contributed by atoms with van der Waals surface area (Å²) in [6.45, 7) is 7.27. The summed E-state index contributed by atoms with van der Waals surface area (Å²) in [5.74, 6) is -2.76. The summed E-state index contributed by atoms with van der Waals surface area (Å²) in [5, 5.41) is 8.48. The molecule has 8 heteroatoms. The molecule has 5 atom stereocenters. The molecule has 26 heavy (non-hydrogen) atoms. The molecule has 2 saturated heterocycles. The summed E-state index contributed by atoms with van der Waals surface area (Å²) in [6.07, 6.45) is 0.904. The second-order valence-corrected chi connectivity index (χ2v) is 8.24. The molecule has 3 fully saturated rings. The van der Waals surface area contributed by atoms with Crippen molar-refractivity contribution >= 4 is 23.5 Å². The van der Waals surface area contributed by atoms with Crippen molar-refractivity contribution in [1.29, 1.82) is 0 Å². The largest absolute Gasteiger partial charge is 0.368 e. The van der Waals surface area contributed by atoms with Crippen LogP contribution in [0.1, 0.15) is 33.6 Å². The number of likely N-dealkylation sites (N-methyl/N-ethyl adjacent to an activating group) is 1. The molecular formula is C18H28N4O4. The lowest BCUT2D eigenvalue weighted by Gasteiger charge is -2.34. The second-order valence-electron chi connectivity index (χ2n) is 8.24. The van der Waals surface area contributed by atoms with Gasteiger partial charge in [0.2, 0.25) is 17.6 Å². The number of carbonyl (C=O) groups is 4. The average Bonchev–Trinajstić information content (AvgIpc) is 2.97. The molecule has 5 N–H and O–H groups in total. The minimum Gasteiger partial charge on any atom is -0.368 e. The zero-order chi connectivity index (χ0) is 19.3. The number of Topliss-reactive ketones (excluding diaryl/α,β-unsaturated/α-hetero) is 1. The number of hydrogen-bond donors (Lipinski definition) is 4. The number of nitrogens with two attached hydrogens (primary N) is 1. The Bertz CT molecular complexity index is 662. The molecule has 1 saturated carbocycles. The van der Waals surface area contributed by atoms with Gasteiger partial charge in [0.1, 0.15) is 0 Å². The van der Waals surface area contributed by atoms with Crippen LogP contribution in [0.4, 0.5) is 0 Å². The third kappa shape index (κ3) is 2.46. The maximum atomic E-state index is 13.1. The van der Waals surface area contributed by atoms with Crippen molar-refractivity contribution in [3.8, 4) is 0 Å². The minimum absolute atomic E-state index is 0.0698. The smallest absolute Gasteiger partial charge is 0.287 e. The summed E-state index contributed by atoms with van der Waals surface area (Å²) in [6, 6.07) is -0.671. The summed E-state index contributed by atoms with van der Waals surface area (Å²) in [7, 11) is 0. The van der Waals surface area contributed by atoms with Crippen LogP contribution in [0, 0.1) is 28.6 Å². The van der Waals surface area contributed by atoms with Gasteiger partial charge in [0.15, 0.2) is 0 Å². The predicted molar refractivity (Wildman–Crippen MR) is 93.6 cm³/mol. The SMILES string of the molecule is CCNC(=O)C(=O)[C@@H](C[C@H]1CCNC1=O)C12C(C(N)=O)NCC1C2(C)C. The maximum Gasteiger partial charge on any atom is 0.287 e. The van der Waals surface area contributed by atoms with Crippen LogP contribution in [0.5, 0.6) is 0 Å². The highest BCUT2D eigenvalue weighted by Crippen LogP contribution is 2.77. The first-order valence-electron chi connectivity index (χ1n) is 9.32. The number of rotatable bonds is 7. The van der Waals surface area contributed by atoms with Crippen LogP contribution in [0.3, 0.4) is 0 Å². The Labute approximate surface area is 153 Å². The molecule has 1 aliphatic carbocycles. The quantitative estimate of drug-likeness (QED) is 0.428. The molecular weight excluding hydrogens is 336 g/mol. The summed E-state index contributed by atoms with van der Waals surface area (Å²) in [4.78, 5) is 49.7. The van der Waals surface area contributed by atoms with Gasteiger partial charge in [-0.1, -0.05) is 13.8 Å². The Morgan fingerprint density at radius 3 is 2.54 bits per heavy atom. The van der Waals surface area contributed by atoms with E-state index in [0.717, 1.165) is 0 Å². The molecule has 0 aromatic heterocycles. The first-order chi connectivity index (χ1) is 12.2. The van der Waals surface area contributed by atoms with E-state index in [1.807, 2.05) is 13.8 Å². The molecule has 144 valence electrons. The fraction of sp³-hybridized carbons (Fsp3) is 0.778. The van der Waals surface area contributed by atoms with Gasteiger partial charge < -0.3 is 21.7 Å². The molecule has 0 spiro atoms. The highest BCUT2D eigenvalue weighted by atomic mass is 16.2. The van der Waals surface area contributed by atoms with E-state index in [0.29, 0.717) is 26.1 Å². The third-order valence-electron chi connectivity index (χ3n) is 6.91. The van der Waals surface area contributed by atoms with Crippen LogP contribution in [-0.4, -0.2) is 49.2 Å². The lowest BCUT2D eigenvalue weighted by Crippen LogP contribution is -2.53. The van der Waals surface area contributed by atoms with E-state index in [2.05, 4.69) is 16.0 Å². The first-order valence-corrected chi connectivity index (χ1v) is 9.32. The van der Waals surface area contributed by atoms with Crippen molar-refractivity contribution in [3.05, 3.63) is 0 Å². The van der Waals surface area contributed by atoms with Gasteiger partial charge in [-0.15, -0.1) is 0 Å². The van der Waals surface area contributed by atoms with Crippen LogP contribution in [0.15, 0.2) is 0 Å². The summed E-state index contributed by atoms with van der Waals surface area (Å²) in [5.41, 5.74) is 4.61. The van der Waals surface area contributed by atoms with E-state index < -0.39 is 35.0 Å². The molecule has 3 aliphatic rings. The predicted octanol–water partition coefficient (Wildman–Crippen LogP) is -1.07. The Morgan fingerprint density at radius 1 is 1.35 bits per heavy atom. The number of ketones is 1. The number of primary amides is 1. The van der Waals surface area contributed by atoms with E-state index in [-0.39, 0.29) is 29.6 Å². The molecule has 0 radical (unpaired) electrons.